The summed E-state index contributed by atoms with van der Waals surface area (Å²) in [6.45, 7) is 0. The van der Waals surface area contributed by atoms with Gasteiger partial charge in [-0.15, -0.1) is 0 Å². The molecule has 1 heterocycles. The summed E-state index contributed by atoms with van der Waals surface area (Å²) in [5.74, 6) is 0.613. The van der Waals surface area contributed by atoms with Crippen LogP contribution in [0.2, 0.25) is 0 Å². The van der Waals surface area contributed by atoms with Gasteiger partial charge in [0, 0.05) is 6.20 Å². The smallest absolute Gasteiger partial charge is 0.294 e. The molecule has 0 spiro atoms. The van der Waals surface area contributed by atoms with E-state index in [2.05, 4.69) is 9.97 Å². The van der Waals surface area contributed by atoms with Gasteiger partial charge in [-0.2, -0.15) is 13.4 Å². The van der Waals surface area contributed by atoms with Crippen molar-refractivity contribution in [3.63, 3.8) is 0 Å². The van der Waals surface area contributed by atoms with E-state index in [1.165, 1.54) is 18.3 Å². The largest absolute Gasteiger partial charge is 0.384 e. The monoisotopic (exact) mass is 268 g/mol. The van der Waals surface area contributed by atoms with Gasteiger partial charge >= 0.3 is 0 Å². The molecule has 0 aliphatic heterocycles. The number of nitrogens with two attached hydrogens (primary N) is 2. The lowest BCUT2D eigenvalue weighted by Gasteiger charge is -1.92. The van der Waals surface area contributed by atoms with Crippen LogP contribution in [0.15, 0.2) is 47.5 Å². The lowest BCUT2D eigenvalue weighted by Crippen LogP contribution is -1.96. The van der Waals surface area contributed by atoms with Gasteiger partial charge in [0.1, 0.15) is 5.82 Å². The molecule has 0 unspecified atom stereocenters. The van der Waals surface area contributed by atoms with Crippen molar-refractivity contribution in [3.05, 3.63) is 42.6 Å². The molecule has 5 N–H and O–H groups in total. The first-order valence-electron chi connectivity index (χ1n) is 4.76. The summed E-state index contributed by atoms with van der Waals surface area (Å²) in [7, 11) is -4.00. The molecule has 0 saturated carbocycles. The van der Waals surface area contributed by atoms with E-state index in [0.717, 1.165) is 0 Å². The number of hydrogen-bond acceptors (Lipinski definition) is 6. The van der Waals surface area contributed by atoms with Crippen LogP contribution in [0.4, 0.5) is 11.8 Å². The standard InChI is InChI=1S/C6H6O3S.C4H6N4/c7-10(8,9)6-4-2-1-3-5-6;5-3-1-2-7-4(6)8-3/h1-5H,(H,7,8,9);1-2H,(H4,5,6,7,8). The first-order valence-corrected chi connectivity index (χ1v) is 6.20. The van der Waals surface area contributed by atoms with Gasteiger partial charge in [0.25, 0.3) is 10.1 Å². The molecule has 0 saturated heterocycles. The fraction of sp³-hybridized carbons (Fsp3) is 0. The third-order valence-electron chi connectivity index (χ3n) is 1.74. The zero-order chi connectivity index (χ0) is 13.6. The van der Waals surface area contributed by atoms with Gasteiger partial charge in [0.05, 0.1) is 4.90 Å². The van der Waals surface area contributed by atoms with E-state index >= 15 is 0 Å². The van der Waals surface area contributed by atoms with Gasteiger partial charge < -0.3 is 11.5 Å². The van der Waals surface area contributed by atoms with Crippen molar-refractivity contribution in [3.8, 4) is 0 Å². The second-order valence-electron chi connectivity index (χ2n) is 3.13. The molecule has 0 aliphatic carbocycles. The molecule has 0 aliphatic rings. The van der Waals surface area contributed by atoms with Crippen LogP contribution in [-0.2, 0) is 10.1 Å². The Balaban J connectivity index is 0.000000184. The minimum atomic E-state index is -4.00. The van der Waals surface area contributed by atoms with Crippen LogP contribution >= 0.6 is 0 Å². The Morgan fingerprint density at radius 3 is 2.00 bits per heavy atom. The van der Waals surface area contributed by atoms with E-state index in [-0.39, 0.29) is 10.8 Å². The lowest BCUT2D eigenvalue weighted by molar-refractivity contribution is 0.483. The Morgan fingerprint density at radius 2 is 1.67 bits per heavy atom. The molecule has 8 heteroatoms. The van der Waals surface area contributed by atoms with Crippen molar-refractivity contribution in [2.24, 2.45) is 0 Å². The summed E-state index contributed by atoms with van der Waals surface area (Å²) in [5.41, 5.74) is 10.4. The highest BCUT2D eigenvalue weighted by Gasteiger charge is 2.05. The minimum Gasteiger partial charge on any atom is -0.384 e. The van der Waals surface area contributed by atoms with Gasteiger partial charge in [-0.05, 0) is 18.2 Å². The van der Waals surface area contributed by atoms with Crippen LogP contribution in [0.25, 0.3) is 0 Å². The molecule has 1 aromatic carbocycles. The van der Waals surface area contributed by atoms with Crippen molar-refractivity contribution >= 4 is 21.9 Å². The van der Waals surface area contributed by atoms with E-state index in [1.807, 2.05) is 0 Å². The SMILES string of the molecule is Nc1ccnc(N)n1.O=S(=O)(O)c1ccccc1. The maximum absolute atomic E-state index is 10.4. The quantitative estimate of drug-likeness (QED) is 0.644. The third kappa shape index (κ3) is 4.76. The van der Waals surface area contributed by atoms with Gasteiger partial charge in [-0.25, -0.2) is 4.98 Å². The molecule has 96 valence electrons. The molecule has 0 fully saturated rings. The van der Waals surface area contributed by atoms with Crippen LogP contribution in [0, 0.1) is 0 Å². The highest BCUT2D eigenvalue weighted by Crippen LogP contribution is 2.05. The second kappa shape index (κ2) is 5.94. The molecule has 18 heavy (non-hydrogen) atoms. The predicted molar refractivity (Wildman–Crippen MR) is 67.1 cm³/mol. The minimum absolute atomic E-state index is 0.0741. The molecule has 0 atom stereocenters. The van der Waals surface area contributed by atoms with Crippen molar-refractivity contribution in [2.75, 3.05) is 11.5 Å². The second-order valence-corrected chi connectivity index (χ2v) is 4.55. The number of hydrogen-bond donors (Lipinski definition) is 3. The molecular formula is C10H12N4O3S. The summed E-state index contributed by atoms with van der Waals surface area (Å²) < 4.78 is 29.2. The van der Waals surface area contributed by atoms with Crippen LogP contribution in [0.5, 0.6) is 0 Å². The van der Waals surface area contributed by atoms with Crippen molar-refractivity contribution in [1.29, 1.82) is 0 Å². The summed E-state index contributed by atoms with van der Waals surface area (Å²) in [5, 5.41) is 0. The zero-order valence-electron chi connectivity index (χ0n) is 9.26. The van der Waals surface area contributed by atoms with E-state index in [9.17, 15) is 8.42 Å². The van der Waals surface area contributed by atoms with Gasteiger partial charge in [-0.1, -0.05) is 18.2 Å². The number of aromatic nitrogens is 2. The number of anilines is 2. The highest BCUT2D eigenvalue weighted by atomic mass is 32.2. The molecule has 1 aromatic heterocycles. The number of benzene rings is 1. The molecule has 7 nitrogen and oxygen atoms in total. The first-order chi connectivity index (χ1) is 8.39. The molecule has 0 bridgehead atoms. The van der Waals surface area contributed by atoms with E-state index in [0.29, 0.717) is 5.82 Å². The number of nitrogen functional groups attached to an aromatic ring is 2. The lowest BCUT2D eigenvalue weighted by atomic mass is 10.4. The molecular weight excluding hydrogens is 256 g/mol. The Labute approximate surface area is 104 Å². The van der Waals surface area contributed by atoms with Gasteiger partial charge in [-0.3, -0.25) is 4.55 Å². The third-order valence-corrected chi connectivity index (χ3v) is 2.60. The zero-order valence-corrected chi connectivity index (χ0v) is 10.1. The average Bonchev–Trinajstić information content (AvgIpc) is 2.29. The van der Waals surface area contributed by atoms with E-state index in [4.69, 9.17) is 16.0 Å². The Kier molecular flexibility index (Phi) is 4.58. The van der Waals surface area contributed by atoms with Crippen LogP contribution in [-0.4, -0.2) is 22.9 Å². The maximum atomic E-state index is 10.4. The van der Waals surface area contributed by atoms with Gasteiger partial charge in [0.15, 0.2) is 0 Å². The van der Waals surface area contributed by atoms with Crippen molar-refractivity contribution < 1.29 is 13.0 Å². The molecule has 2 rings (SSSR count). The Morgan fingerprint density at radius 1 is 1.06 bits per heavy atom. The van der Waals surface area contributed by atoms with Gasteiger partial charge in [0.2, 0.25) is 5.95 Å². The maximum Gasteiger partial charge on any atom is 0.294 e. The summed E-state index contributed by atoms with van der Waals surface area (Å²) >= 11 is 0. The van der Waals surface area contributed by atoms with E-state index in [1.54, 1.807) is 24.3 Å². The Bertz CT molecular complexity index is 584. The van der Waals surface area contributed by atoms with Crippen molar-refractivity contribution in [2.45, 2.75) is 4.90 Å². The summed E-state index contributed by atoms with van der Waals surface area (Å²) in [4.78, 5) is 7.17. The predicted octanol–water partition coefficient (Wildman–Crippen LogP) is 0.574. The van der Waals surface area contributed by atoms with Crippen molar-refractivity contribution in [1.82, 2.24) is 9.97 Å². The first kappa shape index (κ1) is 13.9. The fourth-order valence-electron chi connectivity index (χ4n) is 0.981. The topological polar surface area (TPSA) is 132 Å². The van der Waals surface area contributed by atoms with Crippen LogP contribution < -0.4 is 11.5 Å². The highest BCUT2D eigenvalue weighted by molar-refractivity contribution is 7.85. The summed E-state index contributed by atoms with van der Waals surface area (Å²) in [6, 6.07) is 9.00. The fourth-order valence-corrected chi connectivity index (χ4v) is 1.48. The van der Waals surface area contributed by atoms with Crippen LogP contribution in [0.1, 0.15) is 0 Å². The number of nitrogens with zero attached hydrogens (tertiary/aromatic N) is 2. The summed E-state index contributed by atoms with van der Waals surface area (Å²) in [6.07, 6.45) is 1.51. The molecule has 2 aromatic rings. The average molecular weight is 268 g/mol. The normalized spacial score (nSPS) is 10.3. The molecule has 0 radical (unpaired) electrons. The number of rotatable bonds is 1. The van der Waals surface area contributed by atoms with E-state index < -0.39 is 10.1 Å². The Hall–Kier alpha value is -2.19. The van der Waals surface area contributed by atoms with Crippen LogP contribution in [0.3, 0.4) is 0 Å². The molecule has 0 amide bonds.